The van der Waals surface area contributed by atoms with Crippen molar-refractivity contribution in [1.82, 2.24) is 0 Å². The van der Waals surface area contributed by atoms with Crippen LogP contribution in [-0.2, 0) is 12.8 Å². The second kappa shape index (κ2) is 9.78. The molecule has 0 aromatic heterocycles. The number of aryl methyl sites for hydroxylation is 2. The lowest BCUT2D eigenvalue weighted by atomic mass is 9.83. The Balaban J connectivity index is 1.29. The van der Waals surface area contributed by atoms with Crippen LogP contribution >= 0.6 is 0 Å². The zero-order valence-corrected chi connectivity index (χ0v) is 21.4. The third-order valence-electron chi connectivity index (χ3n) is 8.29. The van der Waals surface area contributed by atoms with E-state index in [1.807, 2.05) is 0 Å². The Morgan fingerprint density at radius 1 is 0.472 bits per heavy atom. The molecule has 36 heavy (non-hydrogen) atoms. The van der Waals surface area contributed by atoms with Crippen LogP contribution in [0.15, 0.2) is 108 Å². The van der Waals surface area contributed by atoms with Crippen molar-refractivity contribution in [3.63, 3.8) is 0 Å². The molecular formula is C36H34. The molecule has 0 aliphatic heterocycles. The van der Waals surface area contributed by atoms with Gasteiger partial charge in [-0.25, -0.2) is 0 Å². The summed E-state index contributed by atoms with van der Waals surface area (Å²) < 4.78 is 0. The van der Waals surface area contributed by atoms with Gasteiger partial charge in [0.25, 0.3) is 0 Å². The summed E-state index contributed by atoms with van der Waals surface area (Å²) in [5, 5.41) is 0. The number of hydrogen-bond donors (Lipinski definition) is 0. The summed E-state index contributed by atoms with van der Waals surface area (Å²) in [5.74, 6) is 0.946. The molecular weight excluding hydrogens is 432 g/mol. The zero-order valence-electron chi connectivity index (χ0n) is 21.4. The number of benzene rings is 4. The highest BCUT2D eigenvalue weighted by Crippen LogP contribution is 2.46. The minimum absolute atomic E-state index is 0.473. The molecule has 0 radical (unpaired) electrons. The molecule has 0 bridgehead atoms. The van der Waals surface area contributed by atoms with Crippen molar-refractivity contribution >= 4 is 12.2 Å². The fourth-order valence-corrected chi connectivity index (χ4v) is 6.34. The van der Waals surface area contributed by atoms with Gasteiger partial charge in [-0.2, -0.15) is 0 Å². The summed E-state index contributed by atoms with van der Waals surface area (Å²) in [6.07, 6.45) is 9.42. The number of rotatable bonds is 7. The highest BCUT2D eigenvalue weighted by molar-refractivity contribution is 5.71. The Hall–Kier alpha value is -3.64. The Bertz CT molecular complexity index is 1320. The minimum Gasteiger partial charge on any atom is -0.0622 e. The third kappa shape index (κ3) is 4.37. The molecule has 0 nitrogen and oxygen atoms in total. The van der Waals surface area contributed by atoms with Gasteiger partial charge in [-0.05, 0) is 84.0 Å². The Labute approximate surface area is 216 Å². The molecule has 2 atom stereocenters. The first-order valence-electron chi connectivity index (χ1n) is 13.3. The van der Waals surface area contributed by atoms with Crippen LogP contribution in [0.1, 0.15) is 69.2 Å². The first-order chi connectivity index (χ1) is 17.7. The fraction of sp³-hybridized carbons (Fsp3) is 0.222. The van der Waals surface area contributed by atoms with E-state index in [2.05, 4.69) is 123 Å². The Kier molecular flexibility index (Phi) is 6.20. The molecule has 2 aliphatic rings. The summed E-state index contributed by atoms with van der Waals surface area (Å²) in [4.78, 5) is 0. The molecule has 0 fully saturated rings. The average Bonchev–Trinajstić information content (AvgIpc) is 3.44. The highest BCUT2D eigenvalue weighted by atomic mass is 14.3. The SMILES string of the molecule is Cc1cccc2c1C=C(CCC1=Cc3c(C)cccc3C1Cc1ccccc1)C2Cc1ccccc1. The Morgan fingerprint density at radius 2 is 0.889 bits per heavy atom. The lowest BCUT2D eigenvalue weighted by Gasteiger charge is -2.21. The molecule has 0 saturated carbocycles. The first kappa shape index (κ1) is 22.8. The van der Waals surface area contributed by atoms with Crippen LogP contribution in [0.3, 0.4) is 0 Å². The molecule has 2 aliphatic carbocycles. The zero-order chi connectivity index (χ0) is 24.5. The highest BCUT2D eigenvalue weighted by Gasteiger charge is 2.29. The minimum atomic E-state index is 0.473. The topological polar surface area (TPSA) is 0 Å². The van der Waals surface area contributed by atoms with Crippen LogP contribution in [-0.4, -0.2) is 0 Å². The molecule has 6 rings (SSSR count). The second-order valence-electron chi connectivity index (χ2n) is 10.6. The van der Waals surface area contributed by atoms with E-state index in [9.17, 15) is 0 Å². The van der Waals surface area contributed by atoms with Crippen LogP contribution in [0.4, 0.5) is 0 Å². The van der Waals surface area contributed by atoms with Gasteiger partial charge in [-0.1, -0.05) is 120 Å². The van der Waals surface area contributed by atoms with Crippen molar-refractivity contribution in [1.29, 1.82) is 0 Å². The molecule has 4 aromatic rings. The van der Waals surface area contributed by atoms with E-state index in [1.165, 1.54) is 44.5 Å². The summed E-state index contributed by atoms with van der Waals surface area (Å²) in [7, 11) is 0. The van der Waals surface area contributed by atoms with E-state index in [0.717, 1.165) is 25.7 Å². The van der Waals surface area contributed by atoms with Crippen LogP contribution in [0.5, 0.6) is 0 Å². The number of allylic oxidation sites excluding steroid dienone is 2. The second-order valence-corrected chi connectivity index (χ2v) is 10.6. The molecule has 4 aromatic carbocycles. The molecule has 0 amide bonds. The van der Waals surface area contributed by atoms with Gasteiger partial charge >= 0.3 is 0 Å². The van der Waals surface area contributed by atoms with Crippen LogP contribution < -0.4 is 0 Å². The van der Waals surface area contributed by atoms with Gasteiger partial charge < -0.3 is 0 Å². The largest absolute Gasteiger partial charge is 0.0622 e. The molecule has 0 heteroatoms. The van der Waals surface area contributed by atoms with E-state index < -0.39 is 0 Å². The normalized spacial score (nSPS) is 17.9. The predicted octanol–water partition coefficient (Wildman–Crippen LogP) is 9.23. The molecule has 0 N–H and O–H groups in total. The van der Waals surface area contributed by atoms with Gasteiger partial charge in [0.1, 0.15) is 0 Å². The van der Waals surface area contributed by atoms with Crippen LogP contribution in [0.25, 0.3) is 12.2 Å². The van der Waals surface area contributed by atoms with Crippen LogP contribution in [0.2, 0.25) is 0 Å². The van der Waals surface area contributed by atoms with Crippen molar-refractivity contribution in [3.05, 3.63) is 153 Å². The summed E-state index contributed by atoms with van der Waals surface area (Å²) in [6, 6.07) is 35.7. The maximum atomic E-state index is 2.51. The van der Waals surface area contributed by atoms with Gasteiger partial charge in [0.2, 0.25) is 0 Å². The molecule has 0 spiro atoms. The smallest absolute Gasteiger partial charge is 0.00980 e. The van der Waals surface area contributed by atoms with Gasteiger partial charge in [-0.3, -0.25) is 0 Å². The third-order valence-corrected chi connectivity index (χ3v) is 8.29. The molecule has 2 unspecified atom stereocenters. The van der Waals surface area contributed by atoms with E-state index in [-0.39, 0.29) is 0 Å². The van der Waals surface area contributed by atoms with Gasteiger partial charge in [0.05, 0.1) is 0 Å². The lowest BCUT2D eigenvalue weighted by Crippen LogP contribution is -2.07. The van der Waals surface area contributed by atoms with E-state index in [1.54, 1.807) is 11.1 Å². The summed E-state index contributed by atoms with van der Waals surface area (Å²) in [6.45, 7) is 4.51. The van der Waals surface area contributed by atoms with Crippen molar-refractivity contribution in [2.45, 2.75) is 51.4 Å². The first-order valence-corrected chi connectivity index (χ1v) is 13.3. The maximum absolute atomic E-state index is 2.51. The quantitative estimate of drug-likeness (QED) is 0.255. The lowest BCUT2D eigenvalue weighted by molar-refractivity contribution is 0.708. The van der Waals surface area contributed by atoms with E-state index in [4.69, 9.17) is 0 Å². The van der Waals surface area contributed by atoms with Crippen molar-refractivity contribution < 1.29 is 0 Å². The van der Waals surface area contributed by atoms with Crippen molar-refractivity contribution in [3.8, 4) is 0 Å². The maximum Gasteiger partial charge on any atom is 0.00980 e. The van der Waals surface area contributed by atoms with E-state index >= 15 is 0 Å². The summed E-state index contributed by atoms with van der Waals surface area (Å²) >= 11 is 0. The van der Waals surface area contributed by atoms with Crippen LogP contribution in [0, 0.1) is 13.8 Å². The van der Waals surface area contributed by atoms with Crippen molar-refractivity contribution in [2.75, 3.05) is 0 Å². The molecule has 0 heterocycles. The van der Waals surface area contributed by atoms with Crippen molar-refractivity contribution in [2.24, 2.45) is 0 Å². The standard InChI is InChI=1S/C36H34/c1-25-11-9-17-31-33(25)23-29(35(31)21-27-13-5-3-6-14-27)19-20-30-24-34-26(2)12-10-18-32(34)36(30)22-28-15-7-4-8-16-28/h3-18,23-24,35-36H,19-22H2,1-2H3. The predicted molar refractivity (Wildman–Crippen MR) is 153 cm³/mol. The summed E-state index contributed by atoms with van der Waals surface area (Å²) in [5.41, 5.74) is 14.7. The van der Waals surface area contributed by atoms with Gasteiger partial charge in [-0.15, -0.1) is 0 Å². The van der Waals surface area contributed by atoms with E-state index in [0.29, 0.717) is 11.8 Å². The Morgan fingerprint density at radius 3 is 1.31 bits per heavy atom. The fourth-order valence-electron chi connectivity index (χ4n) is 6.34. The molecule has 178 valence electrons. The monoisotopic (exact) mass is 466 g/mol. The number of hydrogen-bond acceptors (Lipinski definition) is 0. The van der Waals surface area contributed by atoms with Gasteiger partial charge in [0.15, 0.2) is 0 Å². The number of fused-ring (bicyclic) bond motifs is 2. The van der Waals surface area contributed by atoms with Gasteiger partial charge in [0, 0.05) is 11.8 Å². The molecule has 0 saturated heterocycles. The average molecular weight is 467 g/mol.